The molecule has 2 heterocycles. The number of carbonyl (C=O) groups excluding carboxylic acids is 1. The minimum Gasteiger partial charge on any atom is -0.455 e. The third-order valence-electron chi connectivity index (χ3n) is 3.50. The van der Waals surface area contributed by atoms with Crippen LogP contribution in [0.1, 0.15) is 16.3 Å². The van der Waals surface area contributed by atoms with Gasteiger partial charge in [0, 0.05) is 33.4 Å². The van der Waals surface area contributed by atoms with Gasteiger partial charge >= 0.3 is 0 Å². The number of furan rings is 1. The van der Waals surface area contributed by atoms with E-state index in [1.54, 1.807) is 14.2 Å². The maximum Gasteiger partial charge on any atom is 0.289 e. The van der Waals surface area contributed by atoms with Gasteiger partial charge in [0.1, 0.15) is 22.9 Å². The van der Waals surface area contributed by atoms with Crippen molar-refractivity contribution in [2.75, 3.05) is 27.3 Å². The van der Waals surface area contributed by atoms with Crippen molar-refractivity contribution in [3.63, 3.8) is 0 Å². The zero-order valence-electron chi connectivity index (χ0n) is 12.0. The average Bonchev–Trinajstić information content (AvgIpc) is 3.00. The third-order valence-corrected chi connectivity index (χ3v) is 4.52. The molecule has 0 saturated carbocycles. The van der Waals surface area contributed by atoms with Crippen molar-refractivity contribution in [1.82, 2.24) is 4.90 Å². The van der Waals surface area contributed by atoms with Crippen molar-refractivity contribution in [1.29, 1.82) is 0 Å². The minimum atomic E-state index is -3.91. The first-order chi connectivity index (χ1) is 9.77. The summed E-state index contributed by atoms with van der Waals surface area (Å²) in [5.41, 5.74) is 0. The van der Waals surface area contributed by atoms with Crippen molar-refractivity contribution in [3.8, 4) is 0 Å². The van der Waals surface area contributed by atoms with Gasteiger partial charge < -0.3 is 18.8 Å². The van der Waals surface area contributed by atoms with E-state index in [0.29, 0.717) is 13.1 Å². The first-order valence-corrected chi connectivity index (χ1v) is 7.80. The fourth-order valence-corrected chi connectivity index (χ4v) is 3.09. The maximum atomic E-state index is 12.3. The average molecular weight is 318 g/mol. The Bertz CT molecular complexity index is 626. The second-order valence-corrected chi connectivity index (χ2v) is 6.36. The zero-order valence-corrected chi connectivity index (χ0v) is 12.8. The number of carbonyl (C=O) groups is 1. The summed E-state index contributed by atoms with van der Waals surface area (Å²) >= 11 is 0. The molecule has 1 aromatic rings. The van der Waals surface area contributed by atoms with Crippen molar-refractivity contribution < 1.29 is 27.1 Å². The monoisotopic (exact) mass is 318 g/mol. The van der Waals surface area contributed by atoms with Crippen molar-refractivity contribution in [3.05, 3.63) is 17.6 Å². The van der Waals surface area contributed by atoms with Gasteiger partial charge in [-0.1, -0.05) is 0 Å². The molecule has 1 aliphatic heterocycles. The summed E-state index contributed by atoms with van der Waals surface area (Å²) in [6.45, 7) is 2.13. The van der Waals surface area contributed by atoms with Crippen molar-refractivity contribution in [2.24, 2.45) is 5.14 Å². The molecular weight excluding hydrogens is 300 g/mol. The lowest BCUT2D eigenvalue weighted by atomic mass is 10.3. The lowest BCUT2D eigenvalue weighted by Crippen LogP contribution is -2.29. The number of amides is 1. The lowest BCUT2D eigenvalue weighted by molar-refractivity contribution is -0.00461. The molecule has 2 atom stereocenters. The SMILES string of the molecule is COC1CN(C(=O)c2cc(S(N)(=O)=O)c(C)o2)CC1OC. The quantitative estimate of drug-likeness (QED) is 0.817. The van der Waals surface area contributed by atoms with Crippen LogP contribution >= 0.6 is 0 Å². The van der Waals surface area contributed by atoms with E-state index >= 15 is 0 Å². The predicted octanol–water partition coefficient (Wildman–Crippen LogP) is -0.279. The Morgan fingerprint density at radius 3 is 2.24 bits per heavy atom. The first-order valence-electron chi connectivity index (χ1n) is 6.26. The summed E-state index contributed by atoms with van der Waals surface area (Å²) in [4.78, 5) is 13.7. The smallest absolute Gasteiger partial charge is 0.289 e. The van der Waals surface area contributed by atoms with Crippen LogP contribution in [0.5, 0.6) is 0 Å². The summed E-state index contributed by atoms with van der Waals surface area (Å²) < 4.78 is 38.4. The molecule has 2 N–H and O–H groups in total. The van der Waals surface area contributed by atoms with Crippen molar-refractivity contribution in [2.45, 2.75) is 24.0 Å². The molecule has 2 rings (SSSR count). The van der Waals surface area contributed by atoms with Crippen LogP contribution in [0.25, 0.3) is 0 Å². The molecule has 21 heavy (non-hydrogen) atoms. The highest BCUT2D eigenvalue weighted by Gasteiger charge is 2.37. The van der Waals surface area contributed by atoms with Gasteiger partial charge in [0.05, 0.1) is 0 Å². The molecule has 8 nitrogen and oxygen atoms in total. The summed E-state index contributed by atoms with van der Waals surface area (Å²) in [6, 6.07) is 1.15. The molecule has 1 saturated heterocycles. The number of nitrogens with two attached hydrogens (primary N) is 1. The number of likely N-dealkylation sites (tertiary alicyclic amines) is 1. The Balaban J connectivity index is 2.22. The summed E-state index contributed by atoms with van der Waals surface area (Å²) in [6.07, 6.45) is -0.458. The number of sulfonamides is 1. The number of hydrogen-bond donors (Lipinski definition) is 1. The topological polar surface area (TPSA) is 112 Å². The van der Waals surface area contributed by atoms with Gasteiger partial charge in [0.25, 0.3) is 5.91 Å². The van der Waals surface area contributed by atoms with Gasteiger partial charge in [-0.3, -0.25) is 4.79 Å². The molecule has 1 aromatic heterocycles. The Hall–Kier alpha value is -1.42. The van der Waals surface area contributed by atoms with E-state index in [2.05, 4.69) is 0 Å². The lowest BCUT2D eigenvalue weighted by Gasteiger charge is -2.13. The van der Waals surface area contributed by atoms with Crippen molar-refractivity contribution >= 4 is 15.9 Å². The highest BCUT2D eigenvalue weighted by atomic mass is 32.2. The van der Waals surface area contributed by atoms with Crippen LogP contribution in [0.3, 0.4) is 0 Å². The van der Waals surface area contributed by atoms with Crippen LogP contribution in [0.2, 0.25) is 0 Å². The highest BCUT2D eigenvalue weighted by Crippen LogP contribution is 2.23. The third kappa shape index (κ3) is 3.10. The number of rotatable bonds is 4. The van der Waals surface area contributed by atoms with E-state index in [0.717, 1.165) is 6.07 Å². The molecule has 1 fully saturated rings. The summed E-state index contributed by atoms with van der Waals surface area (Å²) in [7, 11) is -0.830. The van der Waals surface area contributed by atoms with E-state index in [1.165, 1.54) is 11.8 Å². The molecule has 118 valence electrons. The van der Waals surface area contributed by atoms with Gasteiger partial charge in [-0.25, -0.2) is 13.6 Å². The normalized spacial score (nSPS) is 22.8. The first kappa shape index (κ1) is 16.0. The molecule has 0 radical (unpaired) electrons. The second kappa shape index (κ2) is 5.76. The number of nitrogens with zero attached hydrogens (tertiary/aromatic N) is 1. The molecule has 1 aliphatic rings. The molecule has 0 spiro atoms. The van der Waals surface area contributed by atoms with Crippen LogP contribution in [0.4, 0.5) is 0 Å². The van der Waals surface area contributed by atoms with Crippen LogP contribution < -0.4 is 5.14 Å². The molecule has 0 aliphatic carbocycles. The van der Waals surface area contributed by atoms with Gasteiger partial charge in [0.2, 0.25) is 10.0 Å². The summed E-state index contributed by atoms with van der Waals surface area (Å²) in [5, 5.41) is 5.06. The molecule has 1 amide bonds. The van der Waals surface area contributed by atoms with Gasteiger partial charge in [-0.15, -0.1) is 0 Å². The standard InChI is InChI=1S/C12H18N2O6S/c1-7-11(21(13,16)17)4-8(20-7)12(15)14-5-9(18-2)10(6-14)19-3/h4,9-10H,5-6H2,1-3H3,(H2,13,16,17). The fourth-order valence-electron chi connectivity index (χ4n) is 2.37. The number of aryl methyl sites for hydroxylation is 1. The van der Waals surface area contributed by atoms with Crippen LogP contribution in [-0.2, 0) is 19.5 Å². The molecule has 0 bridgehead atoms. The Kier molecular flexibility index (Phi) is 4.38. The second-order valence-electron chi connectivity index (χ2n) is 4.83. The van der Waals surface area contributed by atoms with E-state index in [9.17, 15) is 13.2 Å². The maximum absolute atomic E-state index is 12.3. The highest BCUT2D eigenvalue weighted by molar-refractivity contribution is 7.89. The summed E-state index contributed by atoms with van der Waals surface area (Å²) in [5.74, 6) is -0.399. The van der Waals surface area contributed by atoms with Gasteiger partial charge in [0.15, 0.2) is 5.76 Å². The number of primary sulfonamides is 1. The van der Waals surface area contributed by atoms with Crippen LogP contribution in [0, 0.1) is 6.92 Å². The predicted molar refractivity (Wildman–Crippen MR) is 72.3 cm³/mol. The number of ether oxygens (including phenoxy) is 2. The Labute approximate surface area is 122 Å². The fraction of sp³-hybridized carbons (Fsp3) is 0.583. The Morgan fingerprint density at radius 1 is 1.33 bits per heavy atom. The zero-order chi connectivity index (χ0) is 15.8. The molecule has 9 heteroatoms. The van der Waals surface area contributed by atoms with E-state index in [1.807, 2.05) is 0 Å². The van der Waals surface area contributed by atoms with Crippen LogP contribution in [0.15, 0.2) is 15.4 Å². The number of hydrogen-bond acceptors (Lipinski definition) is 6. The van der Waals surface area contributed by atoms with Gasteiger partial charge in [-0.05, 0) is 6.92 Å². The minimum absolute atomic E-state index is 0.0665. The van der Waals surface area contributed by atoms with Gasteiger partial charge in [-0.2, -0.15) is 0 Å². The Morgan fingerprint density at radius 2 is 1.86 bits per heavy atom. The van der Waals surface area contributed by atoms with Crippen LogP contribution in [-0.4, -0.2) is 58.7 Å². The molecule has 0 aromatic carbocycles. The van der Waals surface area contributed by atoms with E-state index in [-0.39, 0.29) is 28.6 Å². The largest absolute Gasteiger partial charge is 0.455 e. The number of methoxy groups -OCH3 is 2. The van der Waals surface area contributed by atoms with E-state index in [4.69, 9.17) is 19.0 Å². The molecule has 2 unspecified atom stereocenters. The molecular formula is C12H18N2O6S. The van der Waals surface area contributed by atoms with E-state index < -0.39 is 15.9 Å².